The Hall–Kier alpha value is -1.62. The van der Waals surface area contributed by atoms with Crippen molar-refractivity contribution in [2.45, 2.75) is 45.9 Å². The number of hydrogen-bond donors (Lipinski definition) is 2. The van der Waals surface area contributed by atoms with Crippen molar-refractivity contribution >= 4 is 29.9 Å². The molecule has 2 aromatic rings. The van der Waals surface area contributed by atoms with E-state index in [1.54, 1.807) is 6.26 Å². The fraction of sp³-hybridized carbons (Fsp3) is 0.560. The zero-order valence-electron chi connectivity index (χ0n) is 19.9. The van der Waals surface area contributed by atoms with Crippen LogP contribution in [0.5, 0.6) is 0 Å². The summed E-state index contributed by atoms with van der Waals surface area (Å²) < 4.78 is 16.7. The van der Waals surface area contributed by atoms with Gasteiger partial charge in [-0.2, -0.15) is 0 Å². The molecule has 1 saturated heterocycles. The number of furan rings is 1. The average Bonchev–Trinajstić information content (AvgIpc) is 3.53. The van der Waals surface area contributed by atoms with Gasteiger partial charge in [0, 0.05) is 19.7 Å². The minimum atomic E-state index is 0. The lowest BCUT2D eigenvalue weighted by Crippen LogP contribution is -2.42. The third kappa shape index (κ3) is 9.64. The highest BCUT2D eigenvalue weighted by Gasteiger charge is 2.25. The molecule has 1 aliphatic heterocycles. The minimum Gasteiger partial charge on any atom is -0.468 e. The predicted molar refractivity (Wildman–Crippen MR) is 143 cm³/mol. The maximum Gasteiger partial charge on any atom is 0.191 e. The molecule has 1 atom stereocenters. The summed E-state index contributed by atoms with van der Waals surface area (Å²) in [5.74, 6) is 1.83. The van der Waals surface area contributed by atoms with Crippen molar-refractivity contribution in [3.05, 3.63) is 59.5 Å². The molecule has 1 fully saturated rings. The lowest BCUT2D eigenvalue weighted by molar-refractivity contribution is 0.0453. The maximum absolute atomic E-state index is 5.73. The highest BCUT2D eigenvalue weighted by atomic mass is 127. The summed E-state index contributed by atoms with van der Waals surface area (Å²) in [5, 5.41) is 6.89. The molecular formula is C25H39IN4O3. The van der Waals surface area contributed by atoms with E-state index in [2.05, 4.69) is 52.8 Å². The van der Waals surface area contributed by atoms with Gasteiger partial charge in [-0.15, -0.1) is 24.0 Å². The first-order valence-corrected chi connectivity index (χ1v) is 11.8. The Balaban J connectivity index is 0.00000385. The Bertz CT molecular complexity index is 795. The number of nitrogens with one attached hydrogen (secondary N) is 2. The fourth-order valence-corrected chi connectivity index (χ4v) is 3.92. The summed E-state index contributed by atoms with van der Waals surface area (Å²) >= 11 is 0. The Morgan fingerprint density at radius 3 is 2.58 bits per heavy atom. The predicted octanol–water partition coefficient (Wildman–Crippen LogP) is 4.34. The summed E-state index contributed by atoms with van der Waals surface area (Å²) in [7, 11) is 0. The zero-order chi connectivity index (χ0) is 22.4. The van der Waals surface area contributed by atoms with Gasteiger partial charge in [0.25, 0.3) is 0 Å². The number of nitrogens with zero attached hydrogens (tertiary/aromatic N) is 2. The summed E-state index contributed by atoms with van der Waals surface area (Å²) in [5.41, 5.74) is 2.31. The fourth-order valence-electron chi connectivity index (χ4n) is 3.92. The number of guanidine groups is 1. The zero-order valence-corrected chi connectivity index (χ0v) is 22.3. The number of halogens is 1. The van der Waals surface area contributed by atoms with Crippen LogP contribution in [0.15, 0.2) is 52.1 Å². The second kappa shape index (κ2) is 16.1. The van der Waals surface area contributed by atoms with E-state index >= 15 is 0 Å². The molecule has 3 rings (SSSR count). The van der Waals surface area contributed by atoms with Gasteiger partial charge in [0.1, 0.15) is 5.76 Å². The van der Waals surface area contributed by atoms with Crippen molar-refractivity contribution in [1.29, 1.82) is 0 Å². The van der Waals surface area contributed by atoms with Gasteiger partial charge in [-0.05, 0) is 63.0 Å². The van der Waals surface area contributed by atoms with Gasteiger partial charge in [0.15, 0.2) is 5.96 Å². The van der Waals surface area contributed by atoms with Crippen LogP contribution in [0.3, 0.4) is 0 Å². The monoisotopic (exact) mass is 570 g/mol. The SMILES string of the molecule is CCNC(=NCc1cccc(COCCOCC)c1)NCC(c1ccco1)N1CCCC1.I. The number of rotatable bonds is 13. The molecule has 0 amide bonds. The molecule has 1 aromatic heterocycles. The number of aliphatic imine (C=N–C) groups is 1. The molecule has 0 bridgehead atoms. The molecule has 1 unspecified atom stereocenters. The highest BCUT2D eigenvalue weighted by Crippen LogP contribution is 2.24. The third-order valence-electron chi connectivity index (χ3n) is 5.52. The molecule has 2 heterocycles. The van der Waals surface area contributed by atoms with Crippen molar-refractivity contribution < 1.29 is 13.9 Å². The quantitative estimate of drug-likeness (QED) is 0.162. The molecule has 0 aliphatic carbocycles. The summed E-state index contributed by atoms with van der Waals surface area (Å²) in [6, 6.07) is 12.7. The van der Waals surface area contributed by atoms with E-state index in [0.717, 1.165) is 55.6 Å². The van der Waals surface area contributed by atoms with Gasteiger partial charge in [0.05, 0.1) is 38.7 Å². The van der Waals surface area contributed by atoms with Crippen LogP contribution >= 0.6 is 24.0 Å². The van der Waals surface area contributed by atoms with Crippen LogP contribution in [0, 0.1) is 0 Å². The van der Waals surface area contributed by atoms with Crippen molar-refractivity contribution in [3.63, 3.8) is 0 Å². The second-order valence-electron chi connectivity index (χ2n) is 7.92. The normalized spacial score (nSPS) is 15.3. The van der Waals surface area contributed by atoms with E-state index < -0.39 is 0 Å². The van der Waals surface area contributed by atoms with Crippen LogP contribution in [0.2, 0.25) is 0 Å². The number of benzene rings is 1. The number of ether oxygens (including phenoxy) is 2. The summed E-state index contributed by atoms with van der Waals surface area (Å²) in [6.45, 7) is 11.0. The Morgan fingerprint density at radius 1 is 1.06 bits per heavy atom. The lowest BCUT2D eigenvalue weighted by Gasteiger charge is -2.26. The molecule has 0 saturated carbocycles. The summed E-state index contributed by atoms with van der Waals surface area (Å²) in [4.78, 5) is 7.30. The summed E-state index contributed by atoms with van der Waals surface area (Å²) in [6.07, 6.45) is 4.25. The Kier molecular flexibility index (Phi) is 13.5. The minimum absolute atomic E-state index is 0. The van der Waals surface area contributed by atoms with E-state index in [0.29, 0.717) is 26.4 Å². The number of hydrogen-bond acceptors (Lipinski definition) is 5. The molecule has 2 N–H and O–H groups in total. The second-order valence-corrected chi connectivity index (χ2v) is 7.92. The molecule has 184 valence electrons. The van der Waals surface area contributed by atoms with Crippen molar-refractivity contribution in [2.24, 2.45) is 4.99 Å². The first kappa shape index (κ1) is 27.6. The van der Waals surface area contributed by atoms with E-state index in [-0.39, 0.29) is 30.0 Å². The van der Waals surface area contributed by atoms with E-state index in [4.69, 9.17) is 18.9 Å². The Labute approximate surface area is 215 Å². The van der Waals surface area contributed by atoms with Crippen molar-refractivity contribution in [3.8, 4) is 0 Å². The van der Waals surface area contributed by atoms with Gasteiger partial charge < -0.3 is 24.5 Å². The topological polar surface area (TPSA) is 71.3 Å². The third-order valence-corrected chi connectivity index (χ3v) is 5.52. The average molecular weight is 571 g/mol. The van der Waals surface area contributed by atoms with Crippen LogP contribution in [0.4, 0.5) is 0 Å². The van der Waals surface area contributed by atoms with E-state index in [9.17, 15) is 0 Å². The molecule has 0 radical (unpaired) electrons. The van der Waals surface area contributed by atoms with Gasteiger partial charge in [-0.1, -0.05) is 24.3 Å². The molecule has 0 spiro atoms. The van der Waals surface area contributed by atoms with Crippen LogP contribution < -0.4 is 10.6 Å². The first-order chi connectivity index (χ1) is 15.8. The molecular weight excluding hydrogens is 531 g/mol. The molecule has 1 aromatic carbocycles. The smallest absolute Gasteiger partial charge is 0.191 e. The number of likely N-dealkylation sites (tertiary alicyclic amines) is 1. The van der Waals surface area contributed by atoms with Crippen LogP contribution in [-0.4, -0.2) is 56.9 Å². The van der Waals surface area contributed by atoms with Crippen LogP contribution in [0.25, 0.3) is 0 Å². The maximum atomic E-state index is 5.73. The van der Waals surface area contributed by atoms with Gasteiger partial charge in [0.2, 0.25) is 0 Å². The van der Waals surface area contributed by atoms with Crippen LogP contribution in [-0.2, 0) is 22.6 Å². The van der Waals surface area contributed by atoms with Gasteiger partial charge in [-0.3, -0.25) is 4.90 Å². The van der Waals surface area contributed by atoms with Gasteiger partial charge >= 0.3 is 0 Å². The Morgan fingerprint density at radius 2 is 1.85 bits per heavy atom. The molecule has 1 aliphatic rings. The van der Waals surface area contributed by atoms with E-state index in [1.807, 2.05) is 13.0 Å². The highest BCUT2D eigenvalue weighted by molar-refractivity contribution is 14.0. The largest absolute Gasteiger partial charge is 0.468 e. The lowest BCUT2D eigenvalue weighted by atomic mass is 10.1. The molecule has 33 heavy (non-hydrogen) atoms. The van der Waals surface area contributed by atoms with Gasteiger partial charge in [-0.25, -0.2) is 4.99 Å². The van der Waals surface area contributed by atoms with E-state index in [1.165, 1.54) is 12.8 Å². The van der Waals surface area contributed by atoms with Crippen molar-refractivity contribution in [1.82, 2.24) is 15.5 Å². The van der Waals surface area contributed by atoms with Crippen molar-refractivity contribution in [2.75, 3.05) is 46.0 Å². The first-order valence-electron chi connectivity index (χ1n) is 11.8. The standard InChI is InChI=1S/C25H38N4O3.HI/c1-3-26-25(28-19-23(24-11-8-14-32-24)29-12-5-6-13-29)27-18-21-9-7-10-22(17-21)20-31-16-15-30-4-2;/h7-11,14,17,23H,3-6,12-13,15-16,18-20H2,1-2H3,(H2,26,27,28);1H. The molecule has 8 heteroatoms. The molecule has 7 nitrogen and oxygen atoms in total. The van der Waals surface area contributed by atoms with Crippen LogP contribution in [0.1, 0.15) is 49.6 Å².